The molecule has 0 saturated carbocycles. The van der Waals surface area contributed by atoms with Crippen LogP contribution in [0.15, 0.2) is 70.6 Å². The minimum absolute atomic E-state index is 0.0315. The lowest BCUT2D eigenvalue weighted by Crippen LogP contribution is -2.20. The van der Waals surface area contributed by atoms with Gasteiger partial charge in [-0.15, -0.1) is 0 Å². The molecule has 4 aromatic rings. The number of carbonyl (C=O) groups excluding carboxylic acids is 1. The number of methoxy groups -OCH3 is 1. The van der Waals surface area contributed by atoms with Crippen molar-refractivity contribution >= 4 is 22.6 Å². The maximum Gasteiger partial charge on any atom is 0.311 e. The van der Waals surface area contributed by atoms with Gasteiger partial charge in [-0.05, 0) is 37.1 Å². The third-order valence-electron chi connectivity index (χ3n) is 5.30. The van der Waals surface area contributed by atoms with E-state index in [1.54, 1.807) is 6.92 Å². The molecule has 0 spiro atoms. The van der Waals surface area contributed by atoms with E-state index in [0.29, 0.717) is 29.2 Å². The van der Waals surface area contributed by atoms with E-state index in [1.165, 1.54) is 22.7 Å². The number of hydrogen-bond acceptors (Lipinski definition) is 4. The van der Waals surface area contributed by atoms with Gasteiger partial charge < -0.3 is 9.72 Å². The molecule has 0 bridgehead atoms. The van der Waals surface area contributed by atoms with Crippen molar-refractivity contribution in [1.82, 2.24) is 14.8 Å². The summed E-state index contributed by atoms with van der Waals surface area (Å²) < 4.78 is 6.24. The number of para-hydroxylation sites is 2. The lowest BCUT2D eigenvalue weighted by molar-refractivity contribution is -0.139. The fourth-order valence-corrected chi connectivity index (χ4v) is 3.72. The van der Waals surface area contributed by atoms with Gasteiger partial charge in [0.15, 0.2) is 0 Å². The maximum atomic E-state index is 13.2. The van der Waals surface area contributed by atoms with E-state index in [9.17, 15) is 9.59 Å². The summed E-state index contributed by atoms with van der Waals surface area (Å²) in [5.41, 5.74) is 4.22. The van der Waals surface area contributed by atoms with E-state index < -0.39 is 5.97 Å². The van der Waals surface area contributed by atoms with Crippen molar-refractivity contribution in [2.45, 2.75) is 19.8 Å². The number of carbonyl (C=O) groups is 1. The topological polar surface area (TPSA) is 92.2 Å². The van der Waals surface area contributed by atoms with Crippen LogP contribution >= 0.6 is 0 Å². The third-order valence-corrected chi connectivity index (χ3v) is 5.30. The van der Waals surface area contributed by atoms with Gasteiger partial charge in [-0.1, -0.05) is 36.4 Å². The van der Waals surface area contributed by atoms with Gasteiger partial charge in [0.1, 0.15) is 0 Å². The number of aliphatic imine (C=N–C) groups is 1. The van der Waals surface area contributed by atoms with Crippen LogP contribution in [0.1, 0.15) is 23.7 Å². The van der Waals surface area contributed by atoms with Crippen molar-refractivity contribution in [1.29, 1.82) is 0 Å². The molecule has 7 heteroatoms. The molecule has 2 N–H and O–H groups in total. The van der Waals surface area contributed by atoms with E-state index in [2.05, 4.69) is 21.1 Å². The lowest BCUT2D eigenvalue weighted by Gasteiger charge is -2.02. The lowest BCUT2D eigenvalue weighted by atomic mass is 10.1. The Labute approximate surface area is 179 Å². The second-order valence-electron chi connectivity index (χ2n) is 7.27. The highest BCUT2D eigenvalue weighted by atomic mass is 16.5. The molecule has 4 rings (SSSR count). The number of nitrogens with one attached hydrogen (secondary N) is 2. The van der Waals surface area contributed by atoms with Crippen molar-refractivity contribution in [2.75, 3.05) is 13.7 Å². The number of aromatic amines is 2. The van der Waals surface area contributed by atoms with E-state index in [4.69, 9.17) is 4.74 Å². The quantitative estimate of drug-likeness (QED) is 0.357. The number of fused-ring (bicyclic) bond motifs is 1. The van der Waals surface area contributed by atoms with E-state index >= 15 is 0 Å². The van der Waals surface area contributed by atoms with Crippen LogP contribution in [0, 0.1) is 0 Å². The Morgan fingerprint density at radius 1 is 1.10 bits per heavy atom. The Morgan fingerprint density at radius 3 is 2.61 bits per heavy atom. The predicted molar refractivity (Wildman–Crippen MR) is 121 cm³/mol. The monoisotopic (exact) mass is 416 g/mol. The highest BCUT2D eigenvalue weighted by Crippen LogP contribution is 2.18. The summed E-state index contributed by atoms with van der Waals surface area (Å²) >= 11 is 0. The first-order chi connectivity index (χ1) is 15.1. The number of esters is 1. The second kappa shape index (κ2) is 8.87. The molecule has 0 aliphatic heterocycles. The van der Waals surface area contributed by atoms with Crippen molar-refractivity contribution < 1.29 is 9.53 Å². The molecule has 2 heterocycles. The van der Waals surface area contributed by atoms with Crippen LogP contribution in [0.5, 0.6) is 0 Å². The number of rotatable bonds is 7. The molecule has 2 aromatic carbocycles. The van der Waals surface area contributed by atoms with Crippen LogP contribution in [0.2, 0.25) is 0 Å². The first-order valence-corrected chi connectivity index (χ1v) is 10.1. The standard InChI is InChI=1S/C24H24N4O3/c1-16(25-13-12-17-15-26-20-11-7-6-10-19(17)20)23-21(14-22(29)31-2)27-28(24(23)30)18-8-4-3-5-9-18/h3-11,15,26-27H,12-14H2,1-2H3. The minimum Gasteiger partial charge on any atom is -0.469 e. The van der Waals surface area contributed by atoms with Crippen molar-refractivity contribution in [3.05, 3.63) is 88.0 Å². The molecule has 0 unspecified atom stereocenters. The summed E-state index contributed by atoms with van der Waals surface area (Å²) in [6, 6.07) is 17.4. The summed E-state index contributed by atoms with van der Waals surface area (Å²) in [4.78, 5) is 33.0. The van der Waals surface area contributed by atoms with Crippen molar-refractivity contribution in [3.63, 3.8) is 0 Å². The maximum absolute atomic E-state index is 13.2. The fraction of sp³-hybridized carbons (Fsp3) is 0.208. The van der Waals surface area contributed by atoms with Gasteiger partial charge >= 0.3 is 5.97 Å². The molecule has 0 amide bonds. The van der Waals surface area contributed by atoms with Gasteiger partial charge in [-0.3, -0.25) is 19.7 Å². The third kappa shape index (κ3) is 4.21. The van der Waals surface area contributed by atoms with Crippen LogP contribution in [-0.2, 0) is 22.4 Å². The van der Waals surface area contributed by atoms with Crippen molar-refractivity contribution in [2.24, 2.45) is 4.99 Å². The number of hydrogen-bond donors (Lipinski definition) is 2. The van der Waals surface area contributed by atoms with Crippen LogP contribution in [0.25, 0.3) is 16.6 Å². The number of nitrogens with zero attached hydrogens (tertiary/aromatic N) is 2. The van der Waals surface area contributed by atoms with Gasteiger partial charge in [0.25, 0.3) is 5.56 Å². The average molecular weight is 416 g/mol. The summed E-state index contributed by atoms with van der Waals surface area (Å²) in [6.07, 6.45) is 2.71. The molecule has 0 aliphatic carbocycles. The normalized spacial score (nSPS) is 11.7. The SMILES string of the molecule is COC(=O)Cc1[nH]n(-c2ccccc2)c(=O)c1C(C)=NCCc1c[nH]c2ccccc12. The second-order valence-corrected chi connectivity index (χ2v) is 7.27. The molecule has 7 nitrogen and oxygen atoms in total. The van der Waals surface area contributed by atoms with E-state index in [-0.39, 0.29) is 12.0 Å². The van der Waals surface area contributed by atoms with Gasteiger partial charge in [0.05, 0.1) is 30.5 Å². The van der Waals surface area contributed by atoms with Gasteiger partial charge in [-0.25, -0.2) is 4.68 Å². The molecule has 2 aromatic heterocycles. The zero-order valence-corrected chi connectivity index (χ0v) is 17.5. The van der Waals surface area contributed by atoms with E-state index in [1.807, 2.05) is 54.7 Å². The minimum atomic E-state index is -0.422. The molecule has 0 atom stereocenters. The molecule has 0 aliphatic rings. The Kier molecular flexibility index (Phi) is 5.84. The van der Waals surface area contributed by atoms with Crippen LogP contribution < -0.4 is 5.56 Å². The number of aromatic nitrogens is 3. The summed E-state index contributed by atoms with van der Waals surface area (Å²) in [5.74, 6) is -0.422. The van der Waals surface area contributed by atoms with Gasteiger partial charge in [0.2, 0.25) is 0 Å². The molecule has 0 fully saturated rings. The zero-order valence-electron chi connectivity index (χ0n) is 17.5. The Bertz CT molecular complexity index is 1300. The summed E-state index contributed by atoms with van der Waals surface area (Å²) in [6.45, 7) is 2.33. The summed E-state index contributed by atoms with van der Waals surface area (Å²) in [7, 11) is 1.33. The molecule has 0 saturated heterocycles. The van der Waals surface area contributed by atoms with E-state index in [0.717, 1.165) is 11.9 Å². The highest BCUT2D eigenvalue weighted by molar-refractivity contribution is 6.00. The average Bonchev–Trinajstić information content (AvgIpc) is 3.35. The van der Waals surface area contributed by atoms with Crippen LogP contribution in [0.4, 0.5) is 0 Å². The molecular weight excluding hydrogens is 392 g/mol. The smallest absolute Gasteiger partial charge is 0.311 e. The summed E-state index contributed by atoms with van der Waals surface area (Å²) in [5, 5.41) is 4.23. The van der Waals surface area contributed by atoms with Crippen LogP contribution in [-0.4, -0.2) is 40.1 Å². The number of H-pyrrole nitrogens is 2. The molecular formula is C24H24N4O3. The molecule has 31 heavy (non-hydrogen) atoms. The Morgan fingerprint density at radius 2 is 1.84 bits per heavy atom. The first kappa shape index (κ1) is 20.4. The highest BCUT2D eigenvalue weighted by Gasteiger charge is 2.20. The number of ether oxygens (including phenoxy) is 1. The Hall–Kier alpha value is -3.87. The largest absolute Gasteiger partial charge is 0.469 e. The number of benzene rings is 2. The molecule has 158 valence electrons. The van der Waals surface area contributed by atoms with Crippen molar-refractivity contribution in [3.8, 4) is 5.69 Å². The zero-order chi connectivity index (χ0) is 21.8. The fourth-order valence-electron chi connectivity index (χ4n) is 3.72. The first-order valence-electron chi connectivity index (χ1n) is 10.1. The van der Waals surface area contributed by atoms with Gasteiger partial charge in [-0.2, -0.15) is 0 Å². The molecule has 0 radical (unpaired) electrons. The Balaban J connectivity index is 1.63. The predicted octanol–water partition coefficient (Wildman–Crippen LogP) is 3.41. The van der Waals surface area contributed by atoms with Crippen LogP contribution in [0.3, 0.4) is 0 Å². The van der Waals surface area contributed by atoms with Gasteiger partial charge in [0, 0.05) is 29.4 Å².